The molecule has 2 aromatic carbocycles. The molecular weight excluding hydrogens is 669 g/mol. The Balaban J connectivity index is 0.000000316. The Morgan fingerprint density at radius 3 is 1.41 bits per heavy atom. The molecule has 0 radical (unpaired) electrons. The molecule has 13 nitrogen and oxygen atoms in total. The van der Waals surface area contributed by atoms with Crippen molar-refractivity contribution in [3.05, 3.63) is 57.6 Å². The summed E-state index contributed by atoms with van der Waals surface area (Å²) in [4.78, 5) is 23.5. The van der Waals surface area contributed by atoms with Crippen LogP contribution in [-0.2, 0) is 30.0 Å². The fourth-order valence-electron chi connectivity index (χ4n) is 5.79. The van der Waals surface area contributed by atoms with E-state index in [1.807, 2.05) is 67.5 Å². The van der Waals surface area contributed by atoms with Crippen LogP contribution in [0, 0.1) is 41.5 Å². The maximum absolute atomic E-state index is 12.8. The molecule has 0 spiro atoms. The summed E-state index contributed by atoms with van der Waals surface area (Å²) in [6, 6.07) is 5.55. The van der Waals surface area contributed by atoms with Crippen molar-refractivity contribution in [3.63, 3.8) is 0 Å². The number of aliphatic carboxylic acids is 1. The van der Waals surface area contributed by atoms with Crippen LogP contribution in [0.2, 0.25) is 0 Å². The second-order valence-electron chi connectivity index (χ2n) is 12.6. The van der Waals surface area contributed by atoms with E-state index >= 15 is 0 Å². The van der Waals surface area contributed by atoms with Crippen molar-refractivity contribution in [2.24, 2.45) is 5.73 Å². The summed E-state index contributed by atoms with van der Waals surface area (Å²) in [5.41, 5.74) is 12.2. The first-order chi connectivity index (χ1) is 22.9. The second kappa shape index (κ2) is 18.7. The summed E-state index contributed by atoms with van der Waals surface area (Å²) >= 11 is 0. The lowest BCUT2D eigenvalue weighted by molar-refractivity contribution is -0.142. The van der Waals surface area contributed by atoms with Crippen LogP contribution in [0.4, 0.5) is 11.4 Å². The van der Waals surface area contributed by atoms with Crippen molar-refractivity contribution in [1.29, 1.82) is 0 Å². The summed E-state index contributed by atoms with van der Waals surface area (Å²) in [5, 5.41) is 12.0. The van der Waals surface area contributed by atoms with Gasteiger partial charge in [-0.15, -0.1) is 0 Å². The van der Waals surface area contributed by atoms with Crippen molar-refractivity contribution >= 4 is 43.7 Å². The van der Waals surface area contributed by atoms with Gasteiger partial charge in [0.2, 0.25) is 5.91 Å². The van der Waals surface area contributed by atoms with Gasteiger partial charge >= 0.3 is 26.4 Å². The fourth-order valence-corrected chi connectivity index (χ4v) is 8.66. The Kier molecular flexibility index (Phi) is 16.0. The van der Waals surface area contributed by atoms with Gasteiger partial charge in [0.25, 0.3) is 0 Å². The van der Waals surface area contributed by atoms with E-state index < -0.39 is 38.5 Å². The van der Waals surface area contributed by atoms with Crippen molar-refractivity contribution in [3.8, 4) is 0 Å². The Morgan fingerprint density at radius 2 is 1.06 bits per heavy atom. The Bertz CT molecular complexity index is 1620. The van der Waals surface area contributed by atoms with E-state index in [2.05, 4.69) is 14.8 Å². The number of carboxylic acids is 1. The summed E-state index contributed by atoms with van der Waals surface area (Å²) in [6.07, 6.45) is 3.93. The zero-order valence-corrected chi connectivity index (χ0v) is 31.9. The highest BCUT2D eigenvalue weighted by atomic mass is 32.2. The van der Waals surface area contributed by atoms with Crippen LogP contribution in [-0.4, -0.2) is 80.7 Å². The van der Waals surface area contributed by atoms with Gasteiger partial charge in [0, 0.05) is 19.6 Å². The lowest BCUT2D eigenvalue weighted by Gasteiger charge is -2.33. The number of hydrogen-bond acceptors (Lipinski definition) is 7. The Morgan fingerprint density at radius 1 is 0.714 bits per heavy atom. The first-order valence-corrected chi connectivity index (χ1v) is 19.7. The van der Waals surface area contributed by atoms with Crippen LogP contribution in [0.1, 0.15) is 85.8 Å². The number of nitrogens with zero attached hydrogens (tertiary/aromatic N) is 2. The lowest BCUT2D eigenvalue weighted by Crippen LogP contribution is -2.53. The lowest BCUT2D eigenvalue weighted by atomic mass is 10.0. The molecule has 2 aromatic rings. The van der Waals surface area contributed by atoms with Gasteiger partial charge in [0.15, 0.2) is 0 Å². The van der Waals surface area contributed by atoms with E-state index in [1.54, 1.807) is 12.1 Å². The number of piperidine rings is 2. The number of carboxylic acid groups (broad SMARTS) is 1. The number of likely N-dealkylation sites (N-methyl/N-ethyl adjacent to an activating group) is 1. The number of rotatable bonds is 9. The van der Waals surface area contributed by atoms with Crippen LogP contribution in [0.3, 0.4) is 0 Å². The van der Waals surface area contributed by atoms with Gasteiger partial charge < -0.3 is 16.2 Å². The molecule has 2 atom stereocenters. The molecule has 0 saturated carbocycles. The maximum atomic E-state index is 12.8. The quantitative estimate of drug-likeness (QED) is 0.251. The predicted molar refractivity (Wildman–Crippen MR) is 196 cm³/mol. The minimum atomic E-state index is -3.87. The van der Waals surface area contributed by atoms with Crippen LogP contribution in [0.25, 0.3) is 0 Å². The number of amides is 1. The minimum Gasteiger partial charge on any atom is -0.480 e. The van der Waals surface area contributed by atoms with Crippen molar-refractivity contribution in [2.45, 2.75) is 106 Å². The summed E-state index contributed by atoms with van der Waals surface area (Å²) in [7, 11) is -7.65. The summed E-state index contributed by atoms with van der Waals surface area (Å²) in [6.45, 7) is 17.3. The predicted octanol–water partition coefficient (Wildman–Crippen LogP) is 4.43. The van der Waals surface area contributed by atoms with Crippen LogP contribution >= 0.6 is 0 Å². The molecule has 2 fully saturated rings. The van der Waals surface area contributed by atoms with E-state index in [9.17, 15) is 31.5 Å². The third-order valence-corrected chi connectivity index (χ3v) is 11.9. The molecule has 2 aliphatic heterocycles. The van der Waals surface area contributed by atoms with Gasteiger partial charge in [-0.25, -0.2) is 0 Å². The maximum Gasteiger partial charge on any atom is 0.322 e. The molecule has 6 N–H and O–H groups in total. The van der Waals surface area contributed by atoms with E-state index in [0.717, 1.165) is 63.5 Å². The molecule has 0 unspecified atom stereocenters. The highest BCUT2D eigenvalue weighted by molar-refractivity contribution is 7.90. The molecule has 2 saturated heterocycles. The van der Waals surface area contributed by atoms with Crippen LogP contribution in [0.5, 0.6) is 0 Å². The van der Waals surface area contributed by atoms with Crippen LogP contribution < -0.4 is 20.5 Å². The molecular formula is C34H56N6O7S2. The minimum absolute atomic E-state index is 0.223. The fraction of sp³-hybridized carbons (Fsp3) is 0.588. The third-order valence-electron chi connectivity index (χ3n) is 8.81. The SMILES string of the molecule is CCN.CCNC(=O)[C@@H]1CCCCN1S(=O)(=O)Nc1cc(C)c(C)c(C)c1.Cc1cc(NS(=O)(=O)N2CCCC[C@H]2C(=O)O)cc(C)c1C. The van der Waals surface area contributed by atoms with E-state index in [4.69, 9.17) is 5.73 Å². The standard InChI is InChI=1S/C17H27N3O3S.C15H22N2O4S.C2H7N/c1-5-18-17(21)16-8-6-7-9-20(16)24(22,23)19-15-10-12(2)14(4)13(3)11-15;1-10-8-13(9-11(2)12(10)3)16-22(20,21)17-7-5-4-6-14(17)15(18)19;1-2-3/h10-11,16,19H,5-9H2,1-4H3,(H,18,21);8-9,14,16H,4-7H2,1-3H3,(H,18,19);2-3H2,1H3/t16-;14-;/m00./s1. The molecule has 2 heterocycles. The number of benzene rings is 2. The molecule has 276 valence electrons. The summed E-state index contributed by atoms with van der Waals surface area (Å²) < 4.78 is 58.2. The second-order valence-corrected chi connectivity index (χ2v) is 15.8. The molecule has 0 bridgehead atoms. The monoisotopic (exact) mass is 724 g/mol. The van der Waals surface area contributed by atoms with Gasteiger partial charge in [-0.2, -0.15) is 25.4 Å². The first kappa shape index (κ1) is 41.9. The van der Waals surface area contributed by atoms with Gasteiger partial charge in [-0.05, 0) is 145 Å². The Hall–Kier alpha value is -3.24. The van der Waals surface area contributed by atoms with Gasteiger partial charge in [-0.1, -0.05) is 13.3 Å². The zero-order valence-electron chi connectivity index (χ0n) is 30.2. The highest BCUT2D eigenvalue weighted by Crippen LogP contribution is 2.26. The number of nitrogens with one attached hydrogen (secondary N) is 3. The number of carbonyl (C=O) groups is 2. The number of aryl methyl sites for hydroxylation is 4. The van der Waals surface area contributed by atoms with Gasteiger partial charge in [-0.3, -0.25) is 19.0 Å². The van der Waals surface area contributed by atoms with E-state index in [0.29, 0.717) is 43.7 Å². The third kappa shape index (κ3) is 11.7. The number of nitrogens with two attached hydrogens (primary N) is 1. The van der Waals surface area contributed by atoms with Crippen LogP contribution in [0.15, 0.2) is 24.3 Å². The largest absolute Gasteiger partial charge is 0.480 e. The van der Waals surface area contributed by atoms with Gasteiger partial charge in [0.05, 0.1) is 11.4 Å². The first-order valence-electron chi connectivity index (χ1n) is 16.9. The Labute approximate surface area is 293 Å². The number of hydrogen-bond donors (Lipinski definition) is 5. The number of carbonyl (C=O) groups excluding carboxylic acids is 1. The van der Waals surface area contributed by atoms with E-state index in [-0.39, 0.29) is 12.5 Å². The molecule has 2 aliphatic rings. The van der Waals surface area contributed by atoms with E-state index in [1.165, 1.54) is 4.31 Å². The van der Waals surface area contributed by atoms with Crippen molar-refractivity contribution in [1.82, 2.24) is 13.9 Å². The highest BCUT2D eigenvalue weighted by Gasteiger charge is 2.38. The topological polar surface area (TPSA) is 191 Å². The number of anilines is 2. The normalized spacial score (nSPS) is 18.6. The van der Waals surface area contributed by atoms with Gasteiger partial charge in [0.1, 0.15) is 12.1 Å². The molecule has 0 aromatic heterocycles. The average molecular weight is 725 g/mol. The summed E-state index contributed by atoms with van der Waals surface area (Å²) in [5.74, 6) is -1.32. The average Bonchev–Trinajstić information content (AvgIpc) is 3.03. The molecule has 15 heteroatoms. The molecule has 49 heavy (non-hydrogen) atoms. The molecule has 4 rings (SSSR count). The van der Waals surface area contributed by atoms with Crippen molar-refractivity contribution in [2.75, 3.05) is 35.6 Å². The molecule has 1 amide bonds. The molecule has 0 aliphatic carbocycles. The zero-order chi connectivity index (χ0) is 37.1. The smallest absolute Gasteiger partial charge is 0.322 e. The van der Waals surface area contributed by atoms with Crippen molar-refractivity contribution < 1.29 is 31.5 Å².